The van der Waals surface area contributed by atoms with Gasteiger partial charge in [0, 0.05) is 11.8 Å². The standard InChI is InChI=1S/C16H17NO3/c1-17-9-7-14(13-6-3-10-18-13)20-15-5-2-4-12-8-11-19-16(12)15/h2-6,8,10-11,14,17H,7,9H2,1H3. The van der Waals surface area contributed by atoms with Crippen molar-refractivity contribution in [3.63, 3.8) is 0 Å². The molecule has 4 nitrogen and oxygen atoms in total. The van der Waals surface area contributed by atoms with Gasteiger partial charge in [0.25, 0.3) is 0 Å². The Morgan fingerprint density at radius 2 is 2.05 bits per heavy atom. The molecule has 0 aliphatic rings. The maximum absolute atomic E-state index is 6.11. The van der Waals surface area contributed by atoms with Crippen molar-refractivity contribution in [3.05, 3.63) is 54.7 Å². The van der Waals surface area contributed by atoms with Crippen molar-refractivity contribution in [2.45, 2.75) is 12.5 Å². The van der Waals surface area contributed by atoms with Crippen molar-refractivity contribution in [3.8, 4) is 5.75 Å². The molecular weight excluding hydrogens is 254 g/mol. The molecule has 0 saturated heterocycles. The number of hydrogen-bond donors (Lipinski definition) is 1. The van der Waals surface area contributed by atoms with Gasteiger partial charge in [-0.1, -0.05) is 12.1 Å². The Morgan fingerprint density at radius 1 is 1.10 bits per heavy atom. The molecule has 0 aliphatic heterocycles. The molecule has 0 saturated carbocycles. The molecule has 0 aliphatic carbocycles. The first kappa shape index (κ1) is 12.8. The molecule has 0 spiro atoms. The summed E-state index contributed by atoms with van der Waals surface area (Å²) in [5.74, 6) is 1.56. The van der Waals surface area contributed by atoms with Crippen LogP contribution >= 0.6 is 0 Å². The second-order valence-corrected chi connectivity index (χ2v) is 4.61. The maximum Gasteiger partial charge on any atom is 0.175 e. The van der Waals surface area contributed by atoms with Crippen molar-refractivity contribution >= 4 is 11.0 Å². The number of fused-ring (bicyclic) bond motifs is 1. The SMILES string of the molecule is CNCCC(Oc1cccc2ccoc12)c1ccco1. The summed E-state index contributed by atoms with van der Waals surface area (Å²) in [6.45, 7) is 0.847. The summed E-state index contributed by atoms with van der Waals surface area (Å²) in [7, 11) is 1.92. The zero-order valence-electron chi connectivity index (χ0n) is 11.3. The van der Waals surface area contributed by atoms with E-state index in [1.165, 1.54) is 0 Å². The minimum absolute atomic E-state index is 0.131. The van der Waals surface area contributed by atoms with Gasteiger partial charge in [0.15, 0.2) is 17.4 Å². The molecule has 104 valence electrons. The molecule has 0 amide bonds. The zero-order valence-corrected chi connectivity index (χ0v) is 11.3. The van der Waals surface area contributed by atoms with Gasteiger partial charge in [-0.3, -0.25) is 0 Å². The summed E-state index contributed by atoms with van der Waals surface area (Å²) in [6.07, 6.45) is 4.03. The normalized spacial score (nSPS) is 12.7. The van der Waals surface area contributed by atoms with E-state index in [1.807, 2.05) is 43.4 Å². The lowest BCUT2D eigenvalue weighted by molar-refractivity contribution is 0.167. The second-order valence-electron chi connectivity index (χ2n) is 4.61. The van der Waals surface area contributed by atoms with Gasteiger partial charge in [-0.05, 0) is 37.9 Å². The smallest absolute Gasteiger partial charge is 0.175 e. The number of furan rings is 2. The van der Waals surface area contributed by atoms with E-state index in [4.69, 9.17) is 13.6 Å². The van der Waals surface area contributed by atoms with E-state index in [-0.39, 0.29) is 6.10 Å². The molecule has 0 fully saturated rings. The van der Waals surface area contributed by atoms with Crippen molar-refractivity contribution in [1.29, 1.82) is 0 Å². The minimum Gasteiger partial charge on any atom is -0.478 e. The van der Waals surface area contributed by atoms with Crippen LogP contribution in [0, 0.1) is 0 Å². The second kappa shape index (κ2) is 5.84. The van der Waals surface area contributed by atoms with Crippen LogP contribution in [0.2, 0.25) is 0 Å². The first-order valence-electron chi connectivity index (χ1n) is 6.69. The molecule has 4 heteroatoms. The molecule has 3 rings (SSSR count). The third kappa shape index (κ3) is 2.56. The monoisotopic (exact) mass is 271 g/mol. The van der Waals surface area contributed by atoms with Gasteiger partial charge in [-0.15, -0.1) is 0 Å². The lowest BCUT2D eigenvalue weighted by atomic mass is 10.2. The molecule has 3 aromatic rings. The van der Waals surface area contributed by atoms with Crippen LogP contribution in [-0.2, 0) is 0 Å². The van der Waals surface area contributed by atoms with Gasteiger partial charge in [-0.25, -0.2) is 0 Å². The van der Waals surface area contributed by atoms with Crippen LogP contribution in [-0.4, -0.2) is 13.6 Å². The molecule has 2 heterocycles. The van der Waals surface area contributed by atoms with E-state index in [0.29, 0.717) is 0 Å². The third-order valence-electron chi connectivity index (χ3n) is 3.23. The molecule has 0 bridgehead atoms. The van der Waals surface area contributed by atoms with E-state index >= 15 is 0 Å². The summed E-state index contributed by atoms with van der Waals surface area (Å²) >= 11 is 0. The molecule has 1 atom stereocenters. The Labute approximate surface area is 117 Å². The topological polar surface area (TPSA) is 47.5 Å². The summed E-state index contributed by atoms with van der Waals surface area (Å²) in [4.78, 5) is 0. The molecule has 20 heavy (non-hydrogen) atoms. The van der Waals surface area contributed by atoms with Crippen molar-refractivity contribution in [2.75, 3.05) is 13.6 Å². The molecular formula is C16H17NO3. The van der Waals surface area contributed by atoms with Crippen molar-refractivity contribution in [1.82, 2.24) is 5.32 Å². The predicted molar refractivity (Wildman–Crippen MR) is 76.8 cm³/mol. The molecule has 2 aromatic heterocycles. The van der Waals surface area contributed by atoms with Crippen LogP contribution < -0.4 is 10.1 Å². The Bertz CT molecular complexity index is 657. The number of hydrogen-bond acceptors (Lipinski definition) is 4. The fraction of sp³-hybridized carbons (Fsp3) is 0.250. The number of nitrogens with one attached hydrogen (secondary N) is 1. The summed E-state index contributed by atoms with van der Waals surface area (Å²) in [6, 6.07) is 11.6. The van der Waals surface area contributed by atoms with Crippen molar-refractivity contribution in [2.24, 2.45) is 0 Å². The molecule has 0 radical (unpaired) electrons. The van der Waals surface area contributed by atoms with Gasteiger partial charge in [0.2, 0.25) is 0 Å². The Balaban J connectivity index is 1.87. The van der Waals surface area contributed by atoms with Gasteiger partial charge < -0.3 is 18.9 Å². The summed E-state index contributed by atoms with van der Waals surface area (Å²) in [5.41, 5.74) is 0.772. The predicted octanol–water partition coefficient (Wildman–Crippen LogP) is 3.76. The molecule has 1 aromatic carbocycles. The first-order valence-corrected chi connectivity index (χ1v) is 6.69. The van der Waals surface area contributed by atoms with Crippen LogP contribution in [0.25, 0.3) is 11.0 Å². The van der Waals surface area contributed by atoms with Crippen molar-refractivity contribution < 1.29 is 13.6 Å². The largest absolute Gasteiger partial charge is 0.478 e. The summed E-state index contributed by atoms with van der Waals surface area (Å²) in [5, 5.41) is 4.17. The highest BCUT2D eigenvalue weighted by atomic mass is 16.5. The lowest BCUT2D eigenvalue weighted by Gasteiger charge is -2.17. The number of ether oxygens (including phenoxy) is 1. The minimum atomic E-state index is -0.131. The fourth-order valence-corrected chi connectivity index (χ4v) is 2.22. The highest BCUT2D eigenvalue weighted by Gasteiger charge is 2.18. The van der Waals surface area contributed by atoms with E-state index in [0.717, 1.165) is 35.4 Å². The van der Waals surface area contributed by atoms with Crippen LogP contribution in [0.3, 0.4) is 0 Å². The van der Waals surface area contributed by atoms with Crippen LogP contribution in [0.1, 0.15) is 18.3 Å². The molecule has 1 N–H and O–H groups in total. The van der Waals surface area contributed by atoms with E-state index in [9.17, 15) is 0 Å². The highest BCUT2D eigenvalue weighted by molar-refractivity contribution is 5.82. The van der Waals surface area contributed by atoms with E-state index in [1.54, 1.807) is 12.5 Å². The lowest BCUT2D eigenvalue weighted by Crippen LogP contribution is -2.15. The zero-order chi connectivity index (χ0) is 13.8. The molecule has 1 unspecified atom stereocenters. The Morgan fingerprint density at radius 3 is 2.85 bits per heavy atom. The van der Waals surface area contributed by atoms with Gasteiger partial charge in [0.1, 0.15) is 5.76 Å². The fourth-order valence-electron chi connectivity index (χ4n) is 2.22. The number of rotatable bonds is 6. The van der Waals surface area contributed by atoms with Gasteiger partial charge in [-0.2, -0.15) is 0 Å². The average Bonchev–Trinajstić information content (AvgIpc) is 3.14. The van der Waals surface area contributed by atoms with Crippen LogP contribution in [0.4, 0.5) is 0 Å². The van der Waals surface area contributed by atoms with Gasteiger partial charge >= 0.3 is 0 Å². The average molecular weight is 271 g/mol. The highest BCUT2D eigenvalue weighted by Crippen LogP contribution is 2.31. The van der Waals surface area contributed by atoms with E-state index < -0.39 is 0 Å². The number of para-hydroxylation sites is 1. The van der Waals surface area contributed by atoms with E-state index in [2.05, 4.69) is 5.32 Å². The maximum atomic E-state index is 6.11. The van der Waals surface area contributed by atoms with Crippen LogP contribution in [0.15, 0.2) is 57.8 Å². The number of benzene rings is 1. The Hall–Kier alpha value is -2.20. The quantitative estimate of drug-likeness (QED) is 0.741. The van der Waals surface area contributed by atoms with Gasteiger partial charge in [0.05, 0.1) is 12.5 Å². The Kier molecular flexibility index (Phi) is 3.74. The first-order chi connectivity index (χ1) is 9.88. The van der Waals surface area contributed by atoms with Crippen LogP contribution in [0.5, 0.6) is 5.75 Å². The summed E-state index contributed by atoms with van der Waals surface area (Å²) < 4.78 is 17.1. The third-order valence-corrected chi connectivity index (χ3v) is 3.23.